The fraction of sp³-hybridized carbons (Fsp3) is 0.600. The van der Waals surface area contributed by atoms with Crippen LogP contribution >= 0.6 is 11.5 Å². The highest BCUT2D eigenvalue weighted by Gasteiger charge is 2.39. The number of nitrogens with one attached hydrogen (secondary N) is 1. The lowest BCUT2D eigenvalue weighted by molar-refractivity contribution is -0.133. The van der Waals surface area contributed by atoms with Gasteiger partial charge in [0, 0.05) is 5.38 Å². The Morgan fingerprint density at radius 3 is 2.94 bits per heavy atom. The summed E-state index contributed by atoms with van der Waals surface area (Å²) in [5.74, 6) is 0.0310. The van der Waals surface area contributed by atoms with Crippen LogP contribution < -0.4 is 10.1 Å². The van der Waals surface area contributed by atoms with E-state index in [0.717, 1.165) is 12.8 Å². The molecule has 1 aliphatic carbocycles. The topological polar surface area (TPSA) is 71.5 Å². The van der Waals surface area contributed by atoms with Gasteiger partial charge in [-0.05, 0) is 37.2 Å². The van der Waals surface area contributed by atoms with Gasteiger partial charge in [0.2, 0.25) is 5.88 Å². The van der Waals surface area contributed by atoms with Gasteiger partial charge in [0.05, 0.1) is 7.11 Å². The zero-order chi connectivity index (χ0) is 11.6. The molecule has 0 saturated heterocycles. The van der Waals surface area contributed by atoms with Crippen molar-refractivity contribution >= 4 is 23.1 Å². The number of nitrogens with zero attached hydrogens (tertiary/aromatic N) is 1. The molecule has 1 amide bonds. The normalized spacial score (nSPS) is 18.4. The number of aromatic nitrogens is 1. The van der Waals surface area contributed by atoms with Crippen LogP contribution in [-0.4, -0.2) is 28.1 Å². The minimum absolute atomic E-state index is 0.358. The summed E-state index contributed by atoms with van der Waals surface area (Å²) in [5, 5.41) is 14.4. The highest BCUT2D eigenvalue weighted by atomic mass is 32.1. The first kappa shape index (κ1) is 11.3. The molecule has 5 nitrogen and oxygen atoms in total. The van der Waals surface area contributed by atoms with Crippen LogP contribution in [0.15, 0.2) is 5.38 Å². The maximum Gasteiger partial charge on any atom is 0.256 e. The minimum Gasteiger partial charge on any atom is -0.479 e. The van der Waals surface area contributed by atoms with Crippen LogP contribution in [0.1, 0.15) is 25.7 Å². The van der Waals surface area contributed by atoms with Gasteiger partial charge in [0.15, 0.2) is 0 Å². The molecule has 0 spiro atoms. The van der Waals surface area contributed by atoms with Crippen LogP contribution in [0, 0.1) is 0 Å². The summed E-state index contributed by atoms with van der Waals surface area (Å²) in [7, 11) is 1.50. The first-order chi connectivity index (χ1) is 7.65. The van der Waals surface area contributed by atoms with Crippen molar-refractivity contribution in [2.75, 3.05) is 12.4 Å². The second-order valence-electron chi connectivity index (χ2n) is 3.93. The van der Waals surface area contributed by atoms with Gasteiger partial charge < -0.3 is 15.2 Å². The van der Waals surface area contributed by atoms with Gasteiger partial charge in [-0.15, -0.1) is 0 Å². The highest BCUT2D eigenvalue weighted by molar-refractivity contribution is 7.04. The molecule has 0 bridgehead atoms. The first-order valence-corrected chi connectivity index (χ1v) is 6.01. The van der Waals surface area contributed by atoms with E-state index in [2.05, 4.69) is 9.69 Å². The summed E-state index contributed by atoms with van der Waals surface area (Å²) in [6.07, 6.45) is 2.84. The molecule has 1 fully saturated rings. The molecule has 1 saturated carbocycles. The number of carbonyl (C=O) groups is 1. The molecule has 0 aromatic carbocycles. The number of carbonyl (C=O) groups excluding carboxylic acids is 1. The van der Waals surface area contributed by atoms with E-state index in [9.17, 15) is 9.90 Å². The summed E-state index contributed by atoms with van der Waals surface area (Å²) in [4.78, 5) is 11.9. The Bertz CT molecular complexity index is 385. The van der Waals surface area contributed by atoms with Gasteiger partial charge in [-0.1, -0.05) is 0 Å². The van der Waals surface area contributed by atoms with Gasteiger partial charge >= 0.3 is 0 Å². The smallest absolute Gasteiger partial charge is 0.256 e. The van der Waals surface area contributed by atoms with Crippen molar-refractivity contribution < 1.29 is 14.6 Å². The molecule has 1 aromatic rings. The van der Waals surface area contributed by atoms with Crippen molar-refractivity contribution in [3.8, 4) is 5.88 Å². The van der Waals surface area contributed by atoms with E-state index < -0.39 is 5.60 Å². The lowest BCUT2D eigenvalue weighted by Gasteiger charge is -2.20. The summed E-state index contributed by atoms with van der Waals surface area (Å²) < 4.78 is 8.94. The molecule has 1 aliphatic rings. The Kier molecular flexibility index (Phi) is 3.11. The molecule has 0 radical (unpaired) electrons. The minimum atomic E-state index is -1.22. The third kappa shape index (κ3) is 2.03. The molecular formula is C10H14N2O3S. The lowest BCUT2D eigenvalue weighted by atomic mass is 10.0. The molecule has 1 heterocycles. The summed E-state index contributed by atoms with van der Waals surface area (Å²) in [6.45, 7) is 0. The van der Waals surface area contributed by atoms with Crippen LogP contribution in [0.4, 0.5) is 5.69 Å². The van der Waals surface area contributed by atoms with Crippen LogP contribution in [-0.2, 0) is 4.79 Å². The zero-order valence-corrected chi connectivity index (χ0v) is 9.84. The molecule has 2 rings (SSSR count). The van der Waals surface area contributed by atoms with Crippen molar-refractivity contribution in [3.05, 3.63) is 5.38 Å². The van der Waals surface area contributed by atoms with Crippen molar-refractivity contribution in [1.82, 2.24) is 4.37 Å². The zero-order valence-electron chi connectivity index (χ0n) is 9.02. The van der Waals surface area contributed by atoms with Crippen LogP contribution in [0.2, 0.25) is 0 Å². The number of hydrogen-bond donors (Lipinski definition) is 2. The van der Waals surface area contributed by atoms with Gasteiger partial charge in [0.25, 0.3) is 5.91 Å². The molecule has 0 atom stereocenters. The van der Waals surface area contributed by atoms with E-state index in [4.69, 9.17) is 4.74 Å². The van der Waals surface area contributed by atoms with Crippen LogP contribution in [0.5, 0.6) is 5.88 Å². The molecule has 0 aliphatic heterocycles. The first-order valence-electron chi connectivity index (χ1n) is 5.18. The number of ether oxygens (including phenoxy) is 1. The average molecular weight is 242 g/mol. The third-order valence-corrected chi connectivity index (χ3v) is 3.44. The fourth-order valence-corrected chi connectivity index (χ4v) is 2.47. The molecule has 6 heteroatoms. The number of rotatable bonds is 3. The second kappa shape index (κ2) is 4.39. The van der Waals surface area contributed by atoms with Gasteiger partial charge in [-0.3, -0.25) is 4.79 Å². The Morgan fingerprint density at radius 1 is 1.62 bits per heavy atom. The predicted octanol–water partition coefficient (Wildman–Crippen LogP) is 1.40. The molecule has 1 aromatic heterocycles. The summed E-state index contributed by atoms with van der Waals surface area (Å²) in [6, 6.07) is 0. The number of aliphatic hydroxyl groups is 1. The molecule has 16 heavy (non-hydrogen) atoms. The lowest BCUT2D eigenvalue weighted by Crippen LogP contribution is -2.40. The van der Waals surface area contributed by atoms with E-state index in [-0.39, 0.29) is 5.91 Å². The van der Waals surface area contributed by atoms with Crippen molar-refractivity contribution in [1.29, 1.82) is 0 Å². The van der Waals surface area contributed by atoms with Gasteiger partial charge in [-0.25, -0.2) is 0 Å². The van der Waals surface area contributed by atoms with Crippen molar-refractivity contribution in [3.63, 3.8) is 0 Å². The van der Waals surface area contributed by atoms with Crippen LogP contribution in [0.3, 0.4) is 0 Å². The molecule has 2 N–H and O–H groups in total. The van der Waals surface area contributed by atoms with E-state index in [1.54, 1.807) is 5.38 Å². The van der Waals surface area contributed by atoms with Crippen molar-refractivity contribution in [2.45, 2.75) is 31.3 Å². The number of methoxy groups -OCH3 is 1. The molecule has 88 valence electrons. The summed E-state index contributed by atoms with van der Waals surface area (Å²) >= 11 is 1.20. The van der Waals surface area contributed by atoms with E-state index in [1.165, 1.54) is 18.6 Å². The second-order valence-corrected chi connectivity index (χ2v) is 4.56. The quantitative estimate of drug-likeness (QED) is 0.840. The largest absolute Gasteiger partial charge is 0.479 e. The SMILES string of the molecule is COc1nscc1NC(=O)C1(O)CCCC1. The number of hydrogen-bond acceptors (Lipinski definition) is 5. The maximum atomic E-state index is 11.9. The molecular weight excluding hydrogens is 228 g/mol. The van der Waals surface area contributed by atoms with Crippen molar-refractivity contribution in [2.24, 2.45) is 0 Å². The van der Waals surface area contributed by atoms with E-state index in [0.29, 0.717) is 24.4 Å². The standard InChI is InChI=1S/C10H14N2O3S/c1-15-8-7(6-16-12-8)11-9(13)10(14)4-2-3-5-10/h6,14H,2-5H2,1H3,(H,11,13). The number of amides is 1. The van der Waals surface area contributed by atoms with E-state index >= 15 is 0 Å². The Labute approximate surface area is 97.6 Å². The maximum absolute atomic E-state index is 11.9. The highest BCUT2D eigenvalue weighted by Crippen LogP contribution is 2.32. The molecule has 0 unspecified atom stereocenters. The predicted molar refractivity (Wildman–Crippen MR) is 60.7 cm³/mol. The number of anilines is 1. The average Bonchev–Trinajstić information content (AvgIpc) is 2.87. The monoisotopic (exact) mass is 242 g/mol. The Hall–Kier alpha value is -1.14. The Morgan fingerprint density at radius 2 is 2.31 bits per heavy atom. The third-order valence-electron chi connectivity index (χ3n) is 2.83. The van der Waals surface area contributed by atoms with Crippen LogP contribution in [0.25, 0.3) is 0 Å². The van der Waals surface area contributed by atoms with E-state index in [1.807, 2.05) is 0 Å². The van der Waals surface area contributed by atoms with Gasteiger partial charge in [0.1, 0.15) is 11.3 Å². The van der Waals surface area contributed by atoms with Gasteiger partial charge in [-0.2, -0.15) is 4.37 Å². The fourth-order valence-electron chi connectivity index (χ4n) is 1.88. The Balaban J connectivity index is 2.07. The summed E-state index contributed by atoms with van der Waals surface area (Å²) in [5.41, 5.74) is -0.690.